The van der Waals surface area contributed by atoms with E-state index >= 15 is 0 Å². The molecule has 0 fully saturated rings. The van der Waals surface area contributed by atoms with Crippen molar-refractivity contribution in [3.63, 3.8) is 0 Å². The zero-order chi connectivity index (χ0) is 18.0. The number of halogens is 2. The summed E-state index contributed by atoms with van der Waals surface area (Å²) in [6.07, 6.45) is -0.905. The van der Waals surface area contributed by atoms with Gasteiger partial charge in [-0.1, -0.05) is 23.2 Å². The Hall–Kier alpha value is -2.50. The summed E-state index contributed by atoms with van der Waals surface area (Å²) >= 11 is 11.8. The van der Waals surface area contributed by atoms with E-state index in [0.29, 0.717) is 21.4 Å². The number of fused-ring (bicyclic) bond motifs is 1. The molecule has 0 N–H and O–H groups in total. The van der Waals surface area contributed by atoms with E-state index in [4.69, 9.17) is 37.1 Å². The van der Waals surface area contributed by atoms with E-state index in [1.807, 2.05) is 0 Å². The summed E-state index contributed by atoms with van der Waals surface area (Å²) in [5.41, 5.74) is -0.155. The molecular weight excluding hydrogens is 367 g/mol. The lowest BCUT2D eigenvalue weighted by Crippen LogP contribution is -2.28. The fraction of sp³-hybridized carbons (Fsp3) is 0.111. The molecule has 0 saturated heterocycles. The highest BCUT2D eigenvalue weighted by Crippen LogP contribution is 2.28. The van der Waals surface area contributed by atoms with Crippen molar-refractivity contribution in [1.82, 2.24) is 0 Å². The van der Waals surface area contributed by atoms with Crippen molar-refractivity contribution < 1.29 is 18.7 Å². The fourth-order valence-electron chi connectivity index (χ4n) is 2.11. The second-order valence-electron chi connectivity index (χ2n) is 5.21. The Balaban J connectivity index is 1.73. The Morgan fingerprint density at radius 2 is 1.84 bits per heavy atom. The van der Waals surface area contributed by atoms with E-state index in [1.54, 1.807) is 30.3 Å². The summed E-state index contributed by atoms with van der Waals surface area (Å²) < 4.78 is 15.8. The standard InChI is InChI=1S/C18H12Cl2O5/c1-10(23-15-6-4-12(19)8-14(15)20)18(22)24-13-5-2-11-3-7-17(21)25-16(11)9-13/h2-10H,1H3/t10-/m1/s1. The monoisotopic (exact) mass is 378 g/mol. The summed E-state index contributed by atoms with van der Waals surface area (Å²) in [5, 5.41) is 1.47. The molecule has 25 heavy (non-hydrogen) atoms. The Morgan fingerprint density at radius 1 is 1.08 bits per heavy atom. The van der Waals surface area contributed by atoms with Gasteiger partial charge in [-0.2, -0.15) is 0 Å². The van der Waals surface area contributed by atoms with Crippen LogP contribution in [0.1, 0.15) is 6.92 Å². The van der Waals surface area contributed by atoms with Gasteiger partial charge in [-0.3, -0.25) is 0 Å². The zero-order valence-electron chi connectivity index (χ0n) is 13.0. The smallest absolute Gasteiger partial charge is 0.352 e. The molecule has 0 amide bonds. The second-order valence-corrected chi connectivity index (χ2v) is 6.05. The third kappa shape index (κ3) is 4.13. The van der Waals surface area contributed by atoms with Gasteiger partial charge in [0.1, 0.15) is 17.1 Å². The number of hydrogen-bond donors (Lipinski definition) is 0. The summed E-state index contributed by atoms with van der Waals surface area (Å²) in [5.74, 6) is -0.0619. The first-order valence-electron chi connectivity index (χ1n) is 7.30. The predicted octanol–water partition coefficient (Wildman–Crippen LogP) is 4.47. The molecule has 1 heterocycles. The van der Waals surface area contributed by atoms with Gasteiger partial charge in [-0.25, -0.2) is 9.59 Å². The van der Waals surface area contributed by atoms with Crippen LogP contribution in [0.3, 0.4) is 0 Å². The normalized spacial score (nSPS) is 12.0. The molecule has 1 aromatic heterocycles. The highest BCUT2D eigenvalue weighted by molar-refractivity contribution is 6.35. The molecule has 0 spiro atoms. The maximum absolute atomic E-state index is 12.2. The number of hydrogen-bond acceptors (Lipinski definition) is 5. The van der Waals surface area contributed by atoms with Crippen LogP contribution in [-0.2, 0) is 4.79 Å². The minimum atomic E-state index is -0.905. The van der Waals surface area contributed by atoms with Crippen LogP contribution in [0.2, 0.25) is 10.0 Å². The van der Waals surface area contributed by atoms with Crippen LogP contribution in [-0.4, -0.2) is 12.1 Å². The van der Waals surface area contributed by atoms with Crippen LogP contribution in [0.5, 0.6) is 11.5 Å². The quantitative estimate of drug-likeness (QED) is 0.380. The van der Waals surface area contributed by atoms with Crippen molar-refractivity contribution in [1.29, 1.82) is 0 Å². The van der Waals surface area contributed by atoms with Gasteiger partial charge in [0, 0.05) is 22.5 Å². The van der Waals surface area contributed by atoms with Gasteiger partial charge in [-0.05, 0) is 43.3 Å². The van der Waals surface area contributed by atoms with Crippen LogP contribution in [0.15, 0.2) is 57.7 Å². The lowest BCUT2D eigenvalue weighted by molar-refractivity contribution is -0.141. The van der Waals surface area contributed by atoms with Crippen molar-refractivity contribution in [2.24, 2.45) is 0 Å². The molecule has 0 radical (unpaired) electrons. The molecule has 2 aromatic carbocycles. The molecule has 0 aliphatic carbocycles. The summed E-state index contributed by atoms with van der Waals surface area (Å²) in [6.45, 7) is 1.54. The van der Waals surface area contributed by atoms with Gasteiger partial charge in [0.25, 0.3) is 0 Å². The largest absolute Gasteiger partial charge is 0.477 e. The maximum Gasteiger partial charge on any atom is 0.352 e. The molecule has 3 aromatic rings. The zero-order valence-corrected chi connectivity index (χ0v) is 14.5. The van der Waals surface area contributed by atoms with Crippen molar-refractivity contribution in [2.45, 2.75) is 13.0 Å². The van der Waals surface area contributed by atoms with E-state index in [2.05, 4.69) is 0 Å². The fourth-order valence-corrected chi connectivity index (χ4v) is 2.57. The molecule has 7 heteroatoms. The van der Waals surface area contributed by atoms with Crippen molar-refractivity contribution >= 4 is 40.1 Å². The van der Waals surface area contributed by atoms with Gasteiger partial charge in [0.2, 0.25) is 0 Å². The molecule has 0 unspecified atom stereocenters. The van der Waals surface area contributed by atoms with Gasteiger partial charge in [-0.15, -0.1) is 0 Å². The van der Waals surface area contributed by atoms with E-state index in [9.17, 15) is 9.59 Å². The predicted molar refractivity (Wildman–Crippen MR) is 94.7 cm³/mol. The van der Waals surface area contributed by atoms with Crippen LogP contribution < -0.4 is 15.1 Å². The first-order valence-corrected chi connectivity index (χ1v) is 8.05. The van der Waals surface area contributed by atoms with Gasteiger partial charge >= 0.3 is 11.6 Å². The number of carbonyl (C=O) groups is 1. The molecule has 1 atom stereocenters. The number of ether oxygens (including phenoxy) is 2. The van der Waals surface area contributed by atoms with Crippen LogP contribution in [0.4, 0.5) is 0 Å². The SMILES string of the molecule is C[C@@H](Oc1ccc(Cl)cc1Cl)C(=O)Oc1ccc2ccc(=O)oc2c1. The molecule has 128 valence electrons. The Bertz CT molecular complexity index is 996. The molecule has 0 aliphatic heterocycles. The van der Waals surface area contributed by atoms with Crippen LogP contribution >= 0.6 is 23.2 Å². The van der Waals surface area contributed by atoms with Gasteiger partial charge in [0.05, 0.1) is 5.02 Å². The highest BCUT2D eigenvalue weighted by Gasteiger charge is 2.19. The average molecular weight is 379 g/mol. The summed E-state index contributed by atoms with van der Waals surface area (Å²) in [6, 6.07) is 12.4. The Morgan fingerprint density at radius 3 is 2.60 bits per heavy atom. The van der Waals surface area contributed by atoms with Crippen LogP contribution in [0, 0.1) is 0 Å². The maximum atomic E-state index is 12.2. The molecule has 0 saturated carbocycles. The van der Waals surface area contributed by atoms with Crippen LogP contribution in [0.25, 0.3) is 11.0 Å². The second kappa shape index (κ2) is 7.17. The van der Waals surface area contributed by atoms with E-state index in [0.717, 1.165) is 5.39 Å². The molecule has 0 aliphatic rings. The lowest BCUT2D eigenvalue weighted by atomic mass is 10.2. The average Bonchev–Trinajstić information content (AvgIpc) is 2.57. The lowest BCUT2D eigenvalue weighted by Gasteiger charge is -2.15. The number of carbonyl (C=O) groups excluding carboxylic acids is 1. The van der Waals surface area contributed by atoms with Gasteiger partial charge in [0.15, 0.2) is 6.10 Å². The molecule has 5 nitrogen and oxygen atoms in total. The van der Waals surface area contributed by atoms with E-state index < -0.39 is 17.7 Å². The molecule has 0 bridgehead atoms. The first kappa shape index (κ1) is 17.3. The summed E-state index contributed by atoms with van der Waals surface area (Å²) in [7, 11) is 0. The molecular formula is C18H12Cl2O5. The minimum Gasteiger partial charge on any atom is -0.477 e. The Kier molecular flexibility index (Phi) is 4.97. The first-order chi connectivity index (χ1) is 11.9. The third-order valence-corrected chi connectivity index (χ3v) is 3.87. The van der Waals surface area contributed by atoms with E-state index in [-0.39, 0.29) is 5.75 Å². The number of rotatable bonds is 4. The van der Waals surface area contributed by atoms with Crippen molar-refractivity contribution in [3.05, 3.63) is 69.0 Å². The number of benzene rings is 2. The minimum absolute atomic E-state index is 0.240. The van der Waals surface area contributed by atoms with E-state index in [1.165, 1.54) is 25.1 Å². The Labute approximate surface area is 152 Å². The topological polar surface area (TPSA) is 65.7 Å². The number of esters is 1. The third-order valence-electron chi connectivity index (χ3n) is 3.34. The van der Waals surface area contributed by atoms with Gasteiger partial charge < -0.3 is 13.9 Å². The van der Waals surface area contributed by atoms with Crippen molar-refractivity contribution in [3.8, 4) is 11.5 Å². The summed E-state index contributed by atoms with van der Waals surface area (Å²) in [4.78, 5) is 23.5. The molecule has 3 rings (SSSR count). The van der Waals surface area contributed by atoms with Crippen molar-refractivity contribution in [2.75, 3.05) is 0 Å². The highest BCUT2D eigenvalue weighted by atomic mass is 35.5.